The monoisotopic (exact) mass is 738 g/mol. The van der Waals surface area contributed by atoms with Crippen LogP contribution in [0.15, 0.2) is 109 Å². The van der Waals surface area contributed by atoms with Crippen LogP contribution in [0.25, 0.3) is 43.8 Å². The molecule has 0 spiro atoms. The number of rotatable bonds is 6. The van der Waals surface area contributed by atoms with Gasteiger partial charge in [-0.1, -0.05) is 140 Å². The van der Waals surface area contributed by atoms with Gasteiger partial charge in [-0.15, -0.1) is 69.1 Å². The van der Waals surface area contributed by atoms with Crippen LogP contribution in [-0.2, 0) is 44.5 Å². The standard InChI is InChI=1S/2C22H25.2ClH.Zr/c2*1-5-7-16-14-18-8-6-9-20(21(18)15-16)17-10-12-19(13-11-17)22(2,3)4;;;/h2*6,8-15H,5,7H2,1-4H3;2*1H;/q2*-1;;;+4/p-2. The van der Waals surface area contributed by atoms with Crippen LogP contribution >= 0.6 is 17.0 Å². The van der Waals surface area contributed by atoms with Crippen LogP contribution in [0.1, 0.15) is 90.5 Å². The average Bonchev–Trinajstić information content (AvgIpc) is 3.65. The molecule has 0 atom stereocenters. The fourth-order valence-electron chi connectivity index (χ4n) is 6.26. The first-order valence-corrected chi connectivity index (χ1v) is 23.3. The van der Waals surface area contributed by atoms with E-state index in [2.05, 4.69) is 165 Å². The van der Waals surface area contributed by atoms with Gasteiger partial charge in [0.15, 0.2) is 0 Å². The van der Waals surface area contributed by atoms with Gasteiger partial charge in [0.05, 0.1) is 0 Å². The Morgan fingerprint density at radius 3 is 1.17 bits per heavy atom. The van der Waals surface area contributed by atoms with Crippen LogP contribution in [0.5, 0.6) is 0 Å². The third kappa shape index (κ3) is 9.82. The van der Waals surface area contributed by atoms with Crippen molar-refractivity contribution in [3.63, 3.8) is 0 Å². The maximum absolute atomic E-state index is 4.93. The van der Waals surface area contributed by atoms with Crippen molar-refractivity contribution in [2.75, 3.05) is 0 Å². The van der Waals surface area contributed by atoms with E-state index in [1.807, 2.05) is 0 Å². The van der Waals surface area contributed by atoms with Gasteiger partial charge in [0, 0.05) is 0 Å². The minimum atomic E-state index is -0.826. The van der Waals surface area contributed by atoms with Gasteiger partial charge in [-0.05, 0) is 45.9 Å². The Labute approximate surface area is 302 Å². The van der Waals surface area contributed by atoms with Gasteiger partial charge in [-0.3, -0.25) is 0 Å². The molecule has 0 heterocycles. The molecule has 0 bridgehead atoms. The van der Waals surface area contributed by atoms with Crippen molar-refractivity contribution < 1.29 is 20.8 Å². The van der Waals surface area contributed by atoms with Gasteiger partial charge in [-0.2, -0.15) is 12.1 Å². The maximum atomic E-state index is 4.93. The molecule has 0 fully saturated rings. The Hall–Kier alpha value is -2.44. The van der Waals surface area contributed by atoms with Crippen molar-refractivity contribution in [2.45, 2.75) is 91.9 Å². The molecule has 0 saturated carbocycles. The van der Waals surface area contributed by atoms with Crippen molar-refractivity contribution >= 4 is 38.6 Å². The Bertz CT molecular complexity index is 1700. The topological polar surface area (TPSA) is 0 Å². The summed E-state index contributed by atoms with van der Waals surface area (Å²) < 4.78 is 0. The first kappa shape index (κ1) is 37.4. The molecule has 0 aliphatic carbocycles. The molecule has 6 aromatic carbocycles. The summed E-state index contributed by atoms with van der Waals surface area (Å²) in [4.78, 5) is 0. The molecule has 6 aromatic rings. The van der Waals surface area contributed by atoms with Crippen LogP contribution in [0, 0.1) is 0 Å². The second kappa shape index (κ2) is 16.8. The summed E-state index contributed by atoms with van der Waals surface area (Å²) in [5.74, 6) is 0. The molecular weight excluding hydrogens is 691 g/mol. The molecule has 0 aliphatic heterocycles. The summed E-state index contributed by atoms with van der Waals surface area (Å²) in [6.45, 7) is 18.0. The van der Waals surface area contributed by atoms with Crippen molar-refractivity contribution in [3.8, 4) is 22.3 Å². The Morgan fingerprint density at radius 1 is 0.532 bits per heavy atom. The molecule has 0 amide bonds. The summed E-state index contributed by atoms with van der Waals surface area (Å²) in [6, 6.07) is 40.8. The summed E-state index contributed by atoms with van der Waals surface area (Å²) in [5.41, 5.74) is 11.4. The van der Waals surface area contributed by atoms with E-state index >= 15 is 0 Å². The molecule has 3 heteroatoms. The Morgan fingerprint density at radius 2 is 0.872 bits per heavy atom. The molecule has 0 aliphatic rings. The number of hydrogen-bond acceptors (Lipinski definition) is 0. The molecule has 0 unspecified atom stereocenters. The predicted molar refractivity (Wildman–Crippen MR) is 207 cm³/mol. The van der Waals surface area contributed by atoms with E-state index in [9.17, 15) is 0 Å². The molecule has 47 heavy (non-hydrogen) atoms. The second-order valence-electron chi connectivity index (χ2n) is 14.6. The van der Waals surface area contributed by atoms with Gasteiger partial charge in [-0.25, -0.2) is 0 Å². The fraction of sp³-hybridized carbons (Fsp3) is 0.318. The van der Waals surface area contributed by atoms with E-state index in [0.29, 0.717) is 0 Å². The van der Waals surface area contributed by atoms with Crippen molar-refractivity contribution in [1.29, 1.82) is 0 Å². The van der Waals surface area contributed by atoms with Gasteiger partial charge < -0.3 is 0 Å². The molecule has 244 valence electrons. The van der Waals surface area contributed by atoms with E-state index in [1.54, 1.807) is 0 Å². The molecule has 0 radical (unpaired) electrons. The zero-order chi connectivity index (χ0) is 34.2. The SMILES string of the molecule is CCCc1cc2c(-c3ccc(C(C)(C)C)cc3)cccc2[cH-]1.CCCc1cc2c(-c3ccc(C(C)(C)C)cc3)cccc2[cH-]1.[Cl][Zr+2][Cl]. The number of aryl methyl sites for hydroxylation is 2. The quantitative estimate of drug-likeness (QED) is 0.149. The first-order valence-electron chi connectivity index (χ1n) is 16.9. The van der Waals surface area contributed by atoms with Crippen molar-refractivity contribution in [2.24, 2.45) is 0 Å². The van der Waals surface area contributed by atoms with Gasteiger partial charge in [0.2, 0.25) is 0 Å². The van der Waals surface area contributed by atoms with Gasteiger partial charge in [0.25, 0.3) is 0 Å². The van der Waals surface area contributed by atoms with E-state index in [1.165, 1.54) is 78.9 Å². The number of fused-ring (bicyclic) bond motifs is 2. The van der Waals surface area contributed by atoms with E-state index < -0.39 is 20.8 Å². The molecule has 0 nitrogen and oxygen atoms in total. The number of halogens is 2. The Balaban J connectivity index is 0.000000197. The van der Waals surface area contributed by atoms with Crippen molar-refractivity contribution in [3.05, 3.63) is 131 Å². The Kier molecular flexibility index (Phi) is 13.4. The molecule has 0 saturated heterocycles. The third-order valence-electron chi connectivity index (χ3n) is 8.82. The summed E-state index contributed by atoms with van der Waals surface area (Å²) >= 11 is -0.826. The summed E-state index contributed by atoms with van der Waals surface area (Å²) in [7, 11) is 9.87. The number of benzene rings is 4. The molecule has 0 aromatic heterocycles. The zero-order valence-electron chi connectivity index (χ0n) is 29.5. The van der Waals surface area contributed by atoms with Crippen LogP contribution in [0.3, 0.4) is 0 Å². The minimum absolute atomic E-state index is 0.207. The fourth-order valence-corrected chi connectivity index (χ4v) is 6.26. The van der Waals surface area contributed by atoms with Gasteiger partial charge >= 0.3 is 37.9 Å². The van der Waals surface area contributed by atoms with Crippen LogP contribution < -0.4 is 0 Å². The third-order valence-corrected chi connectivity index (χ3v) is 8.82. The molecular formula is C44H50Cl2Zr. The average molecular weight is 741 g/mol. The first-order chi connectivity index (χ1) is 22.4. The second-order valence-corrected chi connectivity index (χ2v) is 18.3. The predicted octanol–water partition coefficient (Wildman–Crippen LogP) is 14.3. The van der Waals surface area contributed by atoms with Crippen LogP contribution in [-0.4, -0.2) is 0 Å². The van der Waals surface area contributed by atoms with Gasteiger partial charge in [0.1, 0.15) is 0 Å². The van der Waals surface area contributed by atoms with E-state index in [-0.39, 0.29) is 10.8 Å². The summed E-state index contributed by atoms with van der Waals surface area (Å²) in [6.07, 6.45) is 4.73. The molecule has 0 N–H and O–H groups in total. The number of hydrogen-bond donors (Lipinski definition) is 0. The van der Waals surface area contributed by atoms with E-state index in [0.717, 1.165) is 12.8 Å². The normalized spacial score (nSPS) is 11.4. The van der Waals surface area contributed by atoms with E-state index in [4.69, 9.17) is 17.0 Å². The zero-order valence-corrected chi connectivity index (χ0v) is 33.4. The van der Waals surface area contributed by atoms with Crippen molar-refractivity contribution in [1.82, 2.24) is 0 Å². The van der Waals surface area contributed by atoms with Crippen LogP contribution in [0.4, 0.5) is 0 Å². The molecule has 6 rings (SSSR count). The summed E-state index contributed by atoms with van der Waals surface area (Å²) in [5, 5.41) is 5.49. The van der Waals surface area contributed by atoms with Crippen LogP contribution in [0.2, 0.25) is 0 Å².